The van der Waals surface area contributed by atoms with E-state index in [0.717, 1.165) is 12.8 Å². The van der Waals surface area contributed by atoms with E-state index in [0.29, 0.717) is 0 Å². The topological polar surface area (TPSA) is 34.9 Å². The van der Waals surface area contributed by atoms with Crippen LogP contribution in [0.2, 0.25) is 0 Å². The fraction of sp³-hybridized carbons (Fsp3) is 0.556. The van der Waals surface area contributed by atoms with E-state index >= 15 is 0 Å². The maximum absolute atomic E-state index is 11.5. The van der Waals surface area contributed by atoms with Crippen molar-refractivity contribution in [3.05, 3.63) is 18.7 Å². The predicted octanol–water partition coefficient (Wildman–Crippen LogP) is 1.96. The van der Waals surface area contributed by atoms with Crippen molar-refractivity contribution < 1.29 is 4.79 Å². The quantitative estimate of drug-likeness (QED) is 0.688. The molecule has 66 valence electrons. The van der Waals surface area contributed by atoms with Gasteiger partial charge in [0.2, 0.25) is 5.91 Å². The van der Waals surface area contributed by atoms with E-state index in [4.69, 9.17) is 0 Å². The SMILES string of the molecule is CCCC(C)C(=O)n1ccnc1. The van der Waals surface area contributed by atoms with Crippen molar-refractivity contribution in [3.8, 4) is 0 Å². The number of hydrogen-bond donors (Lipinski definition) is 0. The Labute approximate surface area is 72.4 Å². The van der Waals surface area contributed by atoms with E-state index in [1.165, 1.54) is 0 Å². The molecule has 1 rings (SSSR count). The van der Waals surface area contributed by atoms with E-state index in [-0.39, 0.29) is 11.8 Å². The Hall–Kier alpha value is -1.12. The normalized spacial score (nSPS) is 12.8. The summed E-state index contributed by atoms with van der Waals surface area (Å²) in [4.78, 5) is 15.3. The molecule has 1 atom stereocenters. The summed E-state index contributed by atoms with van der Waals surface area (Å²) in [6.45, 7) is 4.03. The maximum Gasteiger partial charge on any atom is 0.234 e. The summed E-state index contributed by atoms with van der Waals surface area (Å²) >= 11 is 0. The molecule has 0 bridgehead atoms. The zero-order valence-corrected chi connectivity index (χ0v) is 7.53. The van der Waals surface area contributed by atoms with Crippen LogP contribution in [0, 0.1) is 5.92 Å². The van der Waals surface area contributed by atoms with Crippen molar-refractivity contribution >= 4 is 5.91 Å². The highest BCUT2D eigenvalue weighted by atomic mass is 16.2. The largest absolute Gasteiger partial charge is 0.276 e. The van der Waals surface area contributed by atoms with Crippen molar-refractivity contribution in [2.75, 3.05) is 0 Å². The number of carbonyl (C=O) groups excluding carboxylic acids is 1. The van der Waals surface area contributed by atoms with Gasteiger partial charge in [-0.05, 0) is 6.42 Å². The molecule has 12 heavy (non-hydrogen) atoms. The average molecular weight is 166 g/mol. The Morgan fingerprint density at radius 3 is 2.92 bits per heavy atom. The molecule has 0 amide bonds. The number of aromatic nitrogens is 2. The van der Waals surface area contributed by atoms with E-state index in [2.05, 4.69) is 11.9 Å². The lowest BCUT2D eigenvalue weighted by Crippen LogP contribution is -2.17. The van der Waals surface area contributed by atoms with Gasteiger partial charge >= 0.3 is 0 Å². The van der Waals surface area contributed by atoms with Crippen molar-refractivity contribution in [1.29, 1.82) is 0 Å². The molecule has 0 saturated carbocycles. The molecule has 0 fully saturated rings. The molecule has 0 spiro atoms. The fourth-order valence-electron chi connectivity index (χ4n) is 1.20. The summed E-state index contributed by atoms with van der Waals surface area (Å²) in [5, 5.41) is 0. The lowest BCUT2D eigenvalue weighted by atomic mass is 10.1. The summed E-state index contributed by atoms with van der Waals surface area (Å²) in [6, 6.07) is 0. The van der Waals surface area contributed by atoms with Crippen molar-refractivity contribution in [3.63, 3.8) is 0 Å². The Morgan fingerprint density at radius 2 is 2.42 bits per heavy atom. The number of rotatable bonds is 3. The van der Waals surface area contributed by atoms with Gasteiger partial charge in [0.1, 0.15) is 6.33 Å². The van der Waals surface area contributed by atoms with Crippen LogP contribution in [0.25, 0.3) is 0 Å². The Balaban J connectivity index is 2.59. The molecule has 0 aliphatic heterocycles. The number of nitrogens with zero attached hydrogens (tertiary/aromatic N) is 2. The lowest BCUT2D eigenvalue weighted by molar-refractivity contribution is 0.0838. The number of imidazole rings is 1. The van der Waals surface area contributed by atoms with E-state index in [1.807, 2.05) is 6.92 Å². The van der Waals surface area contributed by atoms with Gasteiger partial charge in [-0.1, -0.05) is 20.3 Å². The van der Waals surface area contributed by atoms with Crippen molar-refractivity contribution in [2.24, 2.45) is 5.92 Å². The second-order valence-electron chi connectivity index (χ2n) is 3.00. The Kier molecular flexibility index (Phi) is 3.02. The van der Waals surface area contributed by atoms with Crippen LogP contribution in [0.4, 0.5) is 0 Å². The Bertz CT molecular complexity index is 241. The first-order valence-electron chi connectivity index (χ1n) is 4.28. The van der Waals surface area contributed by atoms with Gasteiger partial charge in [0.25, 0.3) is 0 Å². The third-order valence-corrected chi connectivity index (χ3v) is 1.90. The van der Waals surface area contributed by atoms with Gasteiger partial charge in [-0.2, -0.15) is 0 Å². The zero-order chi connectivity index (χ0) is 8.97. The smallest absolute Gasteiger partial charge is 0.234 e. The van der Waals surface area contributed by atoms with Gasteiger partial charge < -0.3 is 0 Å². The first-order chi connectivity index (χ1) is 5.75. The monoisotopic (exact) mass is 166 g/mol. The summed E-state index contributed by atoms with van der Waals surface area (Å²) < 4.78 is 1.54. The summed E-state index contributed by atoms with van der Waals surface area (Å²) in [6.07, 6.45) is 6.85. The van der Waals surface area contributed by atoms with Crippen LogP contribution < -0.4 is 0 Å². The summed E-state index contributed by atoms with van der Waals surface area (Å²) in [5.41, 5.74) is 0. The molecule has 0 radical (unpaired) electrons. The predicted molar refractivity (Wildman–Crippen MR) is 46.9 cm³/mol. The van der Waals surface area contributed by atoms with Gasteiger partial charge in [0.15, 0.2) is 0 Å². The highest BCUT2D eigenvalue weighted by Crippen LogP contribution is 2.07. The number of carbonyl (C=O) groups is 1. The van der Waals surface area contributed by atoms with Gasteiger partial charge in [-0.15, -0.1) is 0 Å². The molecular weight excluding hydrogens is 152 g/mol. The summed E-state index contributed by atoms with van der Waals surface area (Å²) in [5.74, 6) is 0.235. The van der Waals surface area contributed by atoms with E-state index in [1.54, 1.807) is 23.3 Å². The van der Waals surface area contributed by atoms with Crippen LogP contribution >= 0.6 is 0 Å². The van der Waals surface area contributed by atoms with Crippen LogP contribution in [0.5, 0.6) is 0 Å². The van der Waals surface area contributed by atoms with E-state index in [9.17, 15) is 4.79 Å². The van der Waals surface area contributed by atoms with Gasteiger partial charge in [-0.3, -0.25) is 9.36 Å². The fourth-order valence-corrected chi connectivity index (χ4v) is 1.20. The minimum atomic E-state index is 0.101. The molecule has 0 N–H and O–H groups in total. The standard InChI is InChI=1S/C9H14N2O/c1-3-4-8(2)9(12)11-6-5-10-7-11/h5-8H,3-4H2,1-2H3. The molecular formula is C9H14N2O. The highest BCUT2D eigenvalue weighted by Gasteiger charge is 2.12. The highest BCUT2D eigenvalue weighted by molar-refractivity contribution is 5.80. The van der Waals surface area contributed by atoms with Gasteiger partial charge in [0, 0.05) is 18.3 Å². The minimum Gasteiger partial charge on any atom is -0.276 e. The average Bonchev–Trinajstić information content (AvgIpc) is 2.55. The second-order valence-corrected chi connectivity index (χ2v) is 3.00. The third-order valence-electron chi connectivity index (χ3n) is 1.90. The first-order valence-corrected chi connectivity index (χ1v) is 4.28. The van der Waals surface area contributed by atoms with Crippen molar-refractivity contribution in [1.82, 2.24) is 9.55 Å². The molecule has 0 aliphatic rings. The second kappa shape index (κ2) is 4.04. The van der Waals surface area contributed by atoms with Crippen molar-refractivity contribution in [2.45, 2.75) is 26.7 Å². The third kappa shape index (κ3) is 1.94. The molecule has 3 heteroatoms. The molecule has 0 aromatic carbocycles. The molecule has 1 heterocycles. The van der Waals surface area contributed by atoms with E-state index < -0.39 is 0 Å². The molecule has 1 unspecified atom stereocenters. The van der Waals surface area contributed by atoms with Gasteiger partial charge in [-0.25, -0.2) is 4.98 Å². The van der Waals surface area contributed by atoms with Crippen LogP contribution in [0.3, 0.4) is 0 Å². The first kappa shape index (κ1) is 8.97. The zero-order valence-electron chi connectivity index (χ0n) is 7.53. The molecule has 3 nitrogen and oxygen atoms in total. The Morgan fingerprint density at radius 1 is 1.67 bits per heavy atom. The molecule has 0 saturated heterocycles. The van der Waals surface area contributed by atoms with Crippen LogP contribution in [-0.4, -0.2) is 15.5 Å². The lowest BCUT2D eigenvalue weighted by Gasteiger charge is -2.07. The maximum atomic E-state index is 11.5. The number of hydrogen-bond acceptors (Lipinski definition) is 2. The van der Waals surface area contributed by atoms with Crippen LogP contribution in [0.1, 0.15) is 31.5 Å². The summed E-state index contributed by atoms with van der Waals surface area (Å²) in [7, 11) is 0. The molecule has 1 aromatic heterocycles. The van der Waals surface area contributed by atoms with Crippen LogP contribution in [0.15, 0.2) is 18.7 Å². The van der Waals surface area contributed by atoms with Gasteiger partial charge in [0.05, 0.1) is 0 Å². The minimum absolute atomic E-state index is 0.101. The molecule has 1 aromatic rings. The van der Waals surface area contributed by atoms with Crippen LogP contribution in [-0.2, 0) is 0 Å². The molecule has 0 aliphatic carbocycles.